The fourth-order valence-corrected chi connectivity index (χ4v) is 3.61. The highest BCUT2D eigenvalue weighted by molar-refractivity contribution is 7.91. The normalized spacial score (nSPS) is 11.3. The highest BCUT2D eigenvalue weighted by Gasteiger charge is 2.19. The number of Topliss-reactive ketones (excluding diaryl/α,β-unsaturated/α-hetero) is 1. The summed E-state index contributed by atoms with van der Waals surface area (Å²) in [7, 11) is -3.47. The average Bonchev–Trinajstić information content (AvgIpc) is 2.37. The van der Waals surface area contributed by atoms with Crippen LogP contribution in [0.2, 0.25) is 0 Å². The number of carbonyl (C=O) groups excluding carboxylic acids is 1. The van der Waals surface area contributed by atoms with E-state index in [1.807, 2.05) is 31.2 Å². The molecule has 0 aliphatic rings. The molecule has 2 aromatic carbocycles. The molecule has 0 aliphatic carbocycles. The van der Waals surface area contributed by atoms with E-state index in [-0.39, 0.29) is 11.5 Å². The third kappa shape index (κ3) is 4.26. The van der Waals surface area contributed by atoms with Crippen molar-refractivity contribution >= 4 is 15.6 Å². The highest BCUT2D eigenvalue weighted by atomic mass is 32.2. The summed E-state index contributed by atoms with van der Waals surface area (Å²) in [5.41, 5.74) is 3.00. The number of aryl methyl sites for hydroxylation is 2. The van der Waals surface area contributed by atoms with Crippen LogP contribution in [0.4, 0.5) is 0 Å². The van der Waals surface area contributed by atoms with Gasteiger partial charge in [0.05, 0.1) is 5.75 Å². The van der Waals surface area contributed by atoms with Gasteiger partial charge >= 0.3 is 0 Å². The van der Waals surface area contributed by atoms with Gasteiger partial charge < -0.3 is 0 Å². The fraction of sp³-hybridized carbons (Fsp3) is 0.235. The summed E-state index contributed by atoms with van der Waals surface area (Å²) in [6.45, 7) is 3.72. The summed E-state index contributed by atoms with van der Waals surface area (Å²) in [5.74, 6) is -0.904. The Morgan fingerprint density at radius 1 is 1.00 bits per heavy atom. The van der Waals surface area contributed by atoms with Crippen molar-refractivity contribution in [2.75, 3.05) is 5.75 Å². The van der Waals surface area contributed by atoms with Gasteiger partial charge in [0.15, 0.2) is 15.6 Å². The third-order valence-corrected chi connectivity index (χ3v) is 4.74. The van der Waals surface area contributed by atoms with E-state index in [1.54, 1.807) is 31.2 Å². The van der Waals surface area contributed by atoms with Gasteiger partial charge in [-0.25, -0.2) is 8.42 Å². The molecule has 0 radical (unpaired) electrons. The van der Waals surface area contributed by atoms with Gasteiger partial charge in [0.1, 0.15) is 5.75 Å². The maximum absolute atomic E-state index is 12.2. The van der Waals surface area contributed by atoms with E-state index in [0.29, 0.717) is 11.1 Å². The molecule has 0 unspecified atom stereocenters. The maximum Gasteiger partial charge on any atom is 0.178 e. The predicted molar refractivity (Wildman–Crippen MR) is 84.2 cm³/mol. The van der Waals surface area contributed by atoms with Crippen LogP contribution in [0, 0.1) is 13.8 Å². The Balaban J connectivity index is 2.15. The lowest BCUT2D eigenvalue weighted by Gasteiger charge is -2.07. The first-order valence-electron chi connectivity index (χ1n) is 6.72. The molecule has 0 aliphatic heterocycles. The van der Waals surface area contributed by atoms with Gasteiger partial charge in [0.2, 0.25) is 0 Å². The van der Waals surface area contributed by atoms with Crippen LogP contribution < -0.4 is 0 Å². The molecule has 0 N–H and O–H groups in total. The molecule has 2 aromatic rings. The second-order valence-corrected chi connectivity index (χ2v) is 7.32. The van der Waals surface area contributed by atoms with Gasteiger partial charge in [-0.15, -0.1) is 0 Å². The molecule has 0 saturated heterocycles. The number of benzene rings is 2. The van der Waals surface area contributed by atoms with Crippen molar-refractivity contribution in [3.05, 3.63) is 70.8 Å². The Bertz CT molecular complexity index is 761. The minimum Gasteiger partial charge on any atom is -0.293 e. The molecule has 0 spiro atoms. The molecule has 0 saturated carbocycles. The van der Waals surface area contributed by atoms with Gasteiger partial charge in [-0.1, -0.05) is 54.1 Å². The summed E-state index contributed by atoms with van der Waals surface area (Å²) in [6, 6.07) is 14.4. The molecule has 0 aromatic heterocycles. The summed E-state index contributed by atoms with van der Waals surface area (Å²) < 4.78 is 24.4. The first-order valence-corrected chi connectivity index (χ1v) is 8.54. The van der Waals surface area contributed by atoms with E-state index in [0.717, 1.165) is 11.1 Å². The van der Waals surface area contributed by atoms with Crippen LogP contribution in [0.5, 0.6) is 0 Å². The largest absolute Gasteiger partial charge is 0.293 e. The van der Waals surface area contributed by atoms with Gasteiger partial charge in [-0.2, -0.15) is 0 Å². The van der Waals surface area contributed by atoms with Crippen LogP contribution in [-0.2, 0) is 15.6 Å². The Labute approximate surface area is 125 Å². The van der Waals surface area contributed by atoms with Crippen LogP contribution in [0.3, 0.4) is 0 Å². The summed E-state index contributed by atoms with van der Waals surface area (Å²) in [6.07, 6.45) is 0. The van der Waals surface area contributed by atoms with E-state index in [1.165, 1.54) is 0 Å². The average molecular weight is 302 g/mol. The molecule has 0 amide bonds. The van der Waals surface area contributed by atoms with Gasteiger partial charge in [0.25, 0.3) is 0 Å². The standard InChI is InChI=1S/C17H18O3S/c1-13-6-5-8-15(10-13)11-21(19,20)12-17(18)16-9-4-3-7-14(16)2/h3-10H,11-12H2,1-2H3. The topological polar surface area (TPSA) is 51.2 Å². The van der Waals surface area contributed by atoms with Crippen LogP contribution in [0.25, 0.3) is 0 Å². The van der Waals surface area contributed by atoms with E-state index < -0.39 is 15.6 Å². The molecule has 21 heavy (non-hydrogen) atoms. The number of sulfone groups is 1. The van der Waals surface area contributed by atoms with Crippen LogP contribution in [0.1, 0.15) is 27.0 Å². The van der Waals surface area contributed by atoms with Crippen LogP contribution in [-0.4, -0.2) is 20.0 Å². The van der Waals surface area contributed by atoms with Gasteiger partial charge in [-0.05, 0) is 25.0 Å². The van der Waals surface area contributed by atoms with Gasteiger partial charge in [-0.3, -0.25) is 4.79 Å². The SMILES string of the molecule is Cc1cccc(CS(=O)(=O)CC(=O)c2ccccc2C)c1. The predicted octanol–water partition coefficient (Wildman–Crippen LogP) is 3.10. The molecule has 0 fully saturated rings. The van der Waals surface area contributed by atoms with Crippen molar-refractivity contribution in [3.8, 4) is 0 Å². The molecule has 4 heteroatoms. The minimum absolute atomic E-state index is 0.105. The molecule has 110 valence electrons. The van der Waals surface area contributed by atoms with Crippen LogP contribution >= 0.6 is 0 Å². The van der Waals surface area contributed by atoms with Crippen molar-refractivity contribution in [2.24, 2.45) is 0 Å². The Kier molecular flexibility index (Phi) is 4.58. The monoisotopic (exact) mass is 302 g/mol. The third-order valence-electron chi connectivity index (χ3n) is 3.27. The second-order valence-electron chi connectivity index (χ2n) is 5.26. The van der Waals surface area contributed by atoms with E-state index in [9.17, 15) is 13.2 Å². The lowest BCUT2D eigenvalue weighted by atomic mass is 10.1. The second kappa shape index (κ2) is 6.22. The Morgan fingerprint density at radius 3 is 2.38 bits per heavy atom. The summed E-state index contributed by atoms with van der Waals surface area (Å²) in [5, 5.41) is 0. The number of hydrogen-bond acceptors (Lipinski definition) is 3. The van der Waals surface area contributed by atoms with E-state index >= 15 is 0 Å². The zero-order valence-corrected chi connectivity index (χ0v) is 13.0. The van der Waals surface area contributed by atoms with Crippen molar-refractivity contribution in [1.29, 1.82) is 0 Å². The lowest BCUT2D eigenvalue weighted by molar-refractivity contribution is 0.102. The molecular weight excluding hydrogens is 284 g/mol. The molecule has 3 nitrogen and oxygen atoms in total. The fourth-order valence-electron chi connectivity index (χ4n) is 2.27. The smallest absolute Gasteiger partial charge is 0.178 e. The van der Waals surface area contributed by atoms with Crippen molar-refractivity contribution in [1.82, 2.24) is 0 Å². The first kappa shape index (κ1) is 15.4. The van der Waals surface area contributed by atoms with E-state index in [2.05, 4.69) is 0 Å². The molecular formula is C17H18O3S. The summed E-state index contributed by atoms with van der Waals surface area (Å²) >= 11 is 0. The zero-order chi connectivity index (χ0) is 15.5. The molecule has 0 atom stereocenters. The quantitative estimate of drug-likeness (QED) is 0.797. The molecule has 0 bridgehead atoms. The lowest BCUT2D eigenvalue weighted by Crippen LogP contribution is -2.18. The molecule has 0 heterocycles. The first-order chi connectivity index (χ1) is 9.87. The van der Waals surface area contributed by atoms with Crippen LogP contribution in [0.15, 0.2) is 48.5 Å². The van der Waals surface area contributed by atoms with Gasteiger partial charge in [0, 0.05) is 5.56 Å². The molecule has 2 rings (SSSR count). The number of carbonyl (C=O) groups is 1. The number of rotatable bonds is 5. The van der Waals surface area contributed by atoms with Crippen molar-refractivity contribution < 1.29 is 13.2 Å². The zero-order valence-electron chi connectivity index (χ0n) is 12.2. The maximum atomic E-state index is 12.2. The van der Waals surface area contributed by atoms with Crippen molar-refractivity contribution in [3.63, 3.8) is 0 Å². The highest BCUT2D eigenvalue weighted by Crippen LogP contribution is 2.13. The Morgan fingerprint density at radius 2 is 1.71 bits per heavy atom. The number of hydrogen-bond donors (Lipinski definition) is 0. The Hall–Kier alpha value is -1.94. The van der Waals surface area contributed by atoms with Crippen molar-refractivity contribution in [2.45, 2.75) is 19.6 Å². The summed E-state index contributed by atoms with van der Waals surface area (Å²) in [4.78, 5) is 12.2. The number of ketones is 1. The minimum atomic E-state index is -3.47. The van der Waals surface area contributed by atoms with E-state index in [4.69, 9.17) is 0 Å².